The molecule has 1 aromatic rings. The molecule has 0 saturated carbocycles. The fourth-order valence-corrected chi connectivity index (χ4v) is 1.66. The van der Waals surface area contributed by atoms with Crippen molar-refractivity contribution in [3.63, 3.8) is 0 Å². The standard InChI is InChI=1S/C7H5BrN2O4S.Na/c8-5-1-4(3-9)7(10)6(2-5)14-15(11,12)13;/h1-2H,10H2,(H,11,12,13);/q;+1/p-1. The SMILES string of the molecule is N#Cc1cc(Br)cc(OS(=O)(=O)[O-])c1N.[Na+]. The molecule has 1 rings (SSSR count). The third-order valence-electron chi connectivity index (χ3n) is 1.42. The van der Waals surface area contributed by atoms with Crippen LogP contribution in [0.3, 0.4) is 0 Å². The number of rotatable bonds is 2. The summed E-state index contributed by atoms with van der Waals surface area (Å²) in [6.07, 6.45) is 0. The van der Waals surface area contributed by atoms with Gasteiger partial charge in [0.15, 0.2) is 5.75 Å². The predicted octanol–water partition coefficient (Wildman–Crippen LogP) is -2.25. The summed E-state index contributed by atoms with van der Waals surface area (Å²) in [6.45, 7) is 0. The van der Waals surface area contributed by atoms with Gasteiger partial charge in [-0.1, -0.05) is 15.9 Å². The molecule has 80 valence electrons. The molecular formula is C7H4BrN2NaO4S. The molecule has 0 saturated heterocycles. The maximum atomic E-state index is 10.3. The summed E-state index contributed by atoms with van der Waals surface area (Å²) >= 11 is 3.01. The fourth-order valence-electron chi connectivity index (χ4n) is 0.864. The molecule has 1 aromatic carbocycles. The van der Waals surface area contributed by atoms with Crippen LogP contribution in [-0.4, -0.2) is 13.0 Å². The van der Waals surface area contributed by atoms with Crippen LogP contribution >= 0.6 is 15.9 Å². The smallest absolute Gasteiger partial charge is 0.716 e. The molecule has 0 spiro atoms. The molecule has 9 heteroatoms. The van der Waals surface area contributed by atoms with Crippen molar-refractivity contribution in [2.75, 3.05) is 5.73 Å². The Morgan fingerprint density at radius 1 is 1.50 bits per heavy atom. The van der Waals surface area contributed by atoms with Crippen molar-refractivity contribution in [1.29, 1.82) is 5.26 Å². The molecule has 0 radical (unpaired) electrons. The molecule has 0 aliphatic heterocycles. The summed E-state index contributed by atoms with van der Waals surface area (Å²) < 4.78 is 35.4. The number of benzene rings is 1. The van der Waals surface area contributed by atoms with Crippen LogP contribution in [0.25, 0.3) is 0 Å². The minimum absolute atomic E-state index is 0. The van der Waals surface area contributed by atoms with E-state index < -0.39 is 10.4 Å². The molecule has 0 heterocycles. The van der Waals surface area contributed by atoms with Crippen LogP contribution in [0.2, 0.25) is 0 Å². The number of hydrogen-bond donors (Lipinski definition) is 1. The van der Waals surface area contributed by atoms with E-state index in [0.29, 0.717) is 4.47 Å². The molecule has 6 nitrogen and oxygen atoms in total. The fraction of sp³-hybridized carbons (Fsp3) is 0. The Morgan fingerprint density at radius 3 is 2.50 bits per heavy atom. The summed E-state index contributed by atoms with van der Waals surface area (Å²) in [5.41, 5.74) is 5.22. The quantitative estimate of drug-likeness (QED) is 0.285. The van der Waals surface area contributed by atoms with Gasteiger partial charge in [-0.15, -0.1) is 0 Å². The Kier molecular flexibility index (Phi) is 5.75. The number of nitriles is 1. The van der Waals surface area contributed by atoms with E-state index in [-0.39, 0.29) is 46.6 Å². The van der Waals surface area contributed by atoms with E-state index in [1.807, 2.05) is 0 Å². The summed E-state index contributed by atoms with van der Waals surface area (Å²) in [5, 5.41) is 8.63. The Hall–Kier alpha value is -0.300. The number of halogens is 1. The van der Waals surface area contributed by atoms with E-state index in [2.05, 4.69) is 20.1 Å². The van der Waals surface area contributed by atoms with Gasteiger partial charge in [0.1, 0.15) is 6.07 Å². The molecule has 0 bridgehead atoms. The van der Waals surface area contributed by atoms with Gasteiger partial charge in [-0.25, -0.2) is 8.42 Å². The molecule has 0 atom stereocenters. The van der Waals surface area contributed by atoms with E-state index in [4.69, 9.17) is 11.0 Å². The van der Waals surface area contributed by atoms with Crippen LogP contribution in [0.5, 0.6) is 5.75 Å². The summed E-state index contributed by atoms with van der Waals surface area (Å²) in [7, 11) is -4.90. The van der Waals surface area contributed by atoms with E-state index in [0.717, 1.165) is 0 Å². The van der Waals surface area contributed by atoms with Crippen LogP contribution < -0.4 is 39.5 Å². The Balaban J connectivity index is 0.00000225. The molecule has 0 unspecified atom stereocenters. The second-order valence-corrected chi connectivity index (χ2v) is 4.37. The molecular weight excluding hydrogens is 311 g/mol. The molecule has 0 aromatic heterocycles. The van der Waals surface area contributed by atoms with E-state index >= 15 is 0 Å². The molecule has 0 aliphatic carbocycles. The number of nitrogens with two attached hydrogens (primary N) is 1. The molecule has 0 fully saturated rings. The van der Waals surface area contributed by atoms with Crippen molar-refractivity contribution in [3.8, 4) is 11.8 Å². The van der Waals surface area contributed by atoms with E-state index in [1.54, 1.807) is 6.07 Å². The van der Waals surface area contributed by atoms with E-state index in [9.17, 15) is 13.0 Å². The van der Waals surface area contributed by atoms with Crippen LogP contribution in [0, 0.1) is 11.3 Å². The summed E-state index contributed by atoms with van der Waals surface area (Å²) in [5.74, 6) is -0.365. The van der Waals surface area contributed by atoms with Crippen molar-refractivity contribution in [1.82, 2.24) is 0 Å². The van der Waals surface area contributed by atoms with Crippen molar-refractivity contribution >= 4 is 32.0 Å². The predicted molar refractivity (Wildman–Crippen MR) is 53.6 cm³/mol. The van der Waals surface area contributed by atoms with Gasteiger partial charge < -0.3 is 14.5 Å². The Labute approximate surface area is 123 Å². The monoisotopic (exact) mass is 314 g/mol. The van der Waals surface area contributed by atoms with Gasteiger partial charge in [-0.2, -0.15) is 5.26 Å². The summed E-state index contributed by atoms with van der Waals surface area (Å²) in [4.78, 5) is 0. The topological polar surface area (TPSA) is 116 Å². The molecule has 2 N–H and O–H groups in total. The third kappa shape index (κ3) is 4.29. The van der Waals surface area contributed by atoms with E-state index in [1.165, 1.54) is 12.1 Å². The molecule has 16 heavy (non-hydrogen) atoms. The third-order valence-corrected chi connectivity index (χ3v) is 2.26. The van der Waals surface area contributed by atoms with Gasteiger partial charge in [-0.05, 0) is 12.1 Å². The van der Waals surface area contributed by atoms with Gasteiger partial charge in [0.2, 0.25) is 0 Å². The molecule has 0 aliphatic rings. The van der Waals surface area contributed by atoms with Gasteiger partial charge >= 0.3 is 29.6 Å². The number of nitrogens with zero attached hydrogens (tertiary/aromatic N) is 1. The Morgan fingerprint density at radius 2 is 2.06 bits per heavy atom. The first kappa shape index (κ1) is 15.7. The second kappa shape index (κ2) is 5.86. The number of hydrogen-bond acceptors (Lipinski definition) is 6. The van der Waals surface area contributed by atoms with Gasteiger partial charge in [-0.3, -0.25) is 0 Å². The van der Waals surface area contributed by atoms with Gasteiger partial charge in [0.05, 0.1) is 11.3 Å². The van der Waals surface area contributed by atoms with Crippen LogP contribution in [-0.2, 0) is 10.4 Å². The average Bonchev–Trinajstić information content (AvgIpc) is 2.08. The van der Waals surface area contributed by atoms with Crippen molar-refractivity contribution < 1.29 is 46.7 Å². The maximum absolute atomic E-state index is 10.3. The maximum Gasteiger partial charge on any atom is 1.00 e. The second-order valence-electron chi connectivity index (χ2n) is 2.47. The Bertz CT molecular complexity index is 540. The largest absolute Gasteiger partial charge is 1.00 e. The zero-order valence-corrected chi connectivity index (χ0v) is 12.5. The van der Waals surface area contributed by atoms with Gasteiger partial charge in [0.25, 0.3) is 10.4 Å². The average molecular weight is 315 g/mol. The number of anilines is 1. The first-order valence-corrected chi connectivity index (χ1v) is 5.60. The zero-order valence-electron chi connectivity index (χ0n) is 8.10. The van der Waals surface area contributed by atoms with Crippen LogP contribution in [0.1, 0.15) is 5.56 Å². The van der Waals surface area contributed by atoms with Crippen molar-refractivity contribution in [2.24, 2.45) is 0 Å². The van der Waals surface area contributed by atoms with Crippen LogP contribution in [0.4, 0.5) is 5.69 Å². The summed E-state index contributed by atoms with van der Waals surface area (Å²) in [6, 6.07) is 4.29. The number of nitrogen functional groups attached to an aromatic ring is 1. The first-order chi connectivity index (χ1) is 6.83. The van der Waals surface area contributed by atoms with Crippen molar-refractivity contribution in [2.45, 2.75) is 0 Å². The van der Waals surface area contributed by atoms with Crippen LogP contribution in [0.15, 0.2) is 16.6 Å². The zero-order chi connectivity index (χ0) is 11.6. The minimum Gasteiger partial charge on any atom is -0.716 e. The normalized spacial score (nSPS) is 10.1. The molecule has 0 amide bonds. The minimum atomic E-state index is -4.90. The van der Waals surface area contributed by atoms with Gasteiger partial charge in [0, 0.05) is 4.47 Å². The first-order valence-electron chi connectivity index (χ1n) is 3.48. The van der Waals surface area contributed by atoms with Crippen molar-refractivity contribution in [3.05, 3.63) is 22.2 Å².